The number of benzene rings is 3. The number of halogens is 1. The minimum Gasteiger partial charge on any atom is -0.508 e. The molecule has 180 valence electrons. The highest BCUT2D eigenvalue weighted by atomic mass is 35.5. The molecule has 2 aliphatic rings. The fourth-order valence-electron chi connectivity index (χ4n) is 4.72. The van der Waals surface area contributed by atoms with E-state index >= 15 is 0 Å². The molecule has 2 atom stereocenters. The van der Waals surface area contributed by atoms with Crippen molar-refractivity contribution in [3.05, 3.63) is 87.9 Å². The SMILES string of the molecule is C[C@@H]1Cc2cc(C(O)=C3C(=O)C(=O)N(c4nc5ccc(Cl)cc5s4)[C@H]3c3ccc(O)cc3)ccc2O1. The average Bonchev–Trinajstić information content (AvgIpc) is 3.51. The van der Waals surface area contributed by atoms with Crippen LogP contribution in [-0.2, 0) is 16.0 Å². The third-order valence-electron chi connectivity index (χ3n) is 6.37. The molecule has 2 aliphatic heterocycles. The zero-order valence-corrected chi connectivity index (χ0v) is 20.5. The van der Waals surface area contributed by atoms with Crippen LogP contribution in [-0.4, -0.2) is 33.0 Å². The van der Waals surface area contributed by atoms with Gasteiger partial charge < -0.3 is 14.9 Å². The van der Waals surface area contributed by atoms with Crippen molar-refractivity contribution in [2.24, 2.45) is 0 Å². The molecule has 36 heavy (non-hydrogen) atoms. The molecule has 3 aromatic carbocycles. The molecule has 1 aromatic heterocycles. The zero-order chi connectivity index (χ0) is 25.1. The molecule has 0 aliphatic carbocycles. The number of aromatic hydroxyl groups is 1. The Bertz CT molecular complexity index is 1590. The standard InChI is InChI=1S/C27H19ClN2O5S/c1-13-10-16-11-15(4-9-20(16)35-13)24(32)22-23(14-2-6-18(31)7-3-14)30(26(34)25(22)33)27-29-19-8-5-17(28)12-21(19)36-27/h2-9,11-13,23,31-32H,10H2,1H3/t13-,23+/m1/s1. The summed E-state index contributed by atoms with van der Waals surface area (Å²) in [6.45, 7) is 1.96. The van der Waals surface area contributed by atoms with Crippen molar-refractivity contribution in [3.63, 3.8) is 0 Å². The Hall–Kier alpha value is -3.88. The van der Waals surface area contributed by atoms with Gasteiger partial charge in [-0.25, -0.2) is 4.98 Å². The van der Waals surface area contributed by atoms with Crippen molar-refractivity contribution >= 4 is 55.7 Å². The summed E-state index contributed by atoms with van der Waals surface area (Å²) in [5, 5.41) is 22.1. The third-order valence-corrected chi connectivity index (χ3v) is 7.62. The van der Waals surface area contributed by atoms with Gasteiger partial charge in [0.2, 0.25) is 0 Å². The van der Waals surface area contributed by atoms with Crippen LogP contribution in [0.15, 0.2) is 66.2 Å². The summed E-state index contributed by atoms with van der Waals surface area (Å²) in [5.74, 6) is -1.10. The van der Waals surface area contributed by atoms with E-state index in [2.05, 4.69) is 4.98 Å². The number of aromatic nitrogens is 1. The molecule has 2 N–H and O–H groups in total. The van der Waals surface area contributed by atoms with E-state index in [1.165, 1.54) is 28.4 Å². The van der Waals surface area contributed by atoms with Gasteiger partial charge in [0, 0.05) is 17.0 Å². The molecule has 0 spiro atoms. The number of phenolic OH excluding ortho intramolecular Hbond substituents is 1. The van der Waals surface area contributed by atoms with Crippen molar-refractivity contribution in [1.29, 1.82) is 0 Å². The van der Waals surface area contributed by atoms with Crippen LogP contribution in [0, 0.1) is 0 Å². The van der Waals surface area contributed by atoms with E-state index in [1.807, 2.05) is 6.92 Å². The minimum atomic E-state index is -0.940. The second kappa shape index (κ2) is 8.36. The first-order chi connectivity index (χ1) is 17.3. The molecular weight excluding hydrogens is 500 g/mol. The number of rotatable bonds is 3. The number of hydrogen-bond acceptors (Lipinski definition) is 7. The Morgan fingerprint density at radius 1 is 1.11 bits per heavy atom. The average molecular weight is 519 g/mol. The number of hydrogen-bond donors (Lipinski definition) is 2. The minimum absolute atomic E-state index is 0.0208. The highest BCUT2D eigenvalue weighted by Crippen LogP contribution is 2.45. The maximum absolute atomic E-state index is 13.4. The van der Waals surface area contributed by atoms with Crippen LogP contribution in [0.2, 0.25) is 5.02 Å². The van der Waals surface area contributed by atoms with Gasteiger partial charge in [-0.1, -0.05) is 35.1 Å². The Labute approximate surface area is 214 Å². The summed E-state index contributed by atoms with van der Waals surface area (Å²) in [6, 6.07) is 15.7. The molecule has 3 heterocycles. The number of nitrogens with zero attached hydrogens (tertiary/aromatic N) is 2. The van der Waals surface area contributed by atoms with Gasteiger partial charge in [-0.15, -0.1) is 0 Å². The van der Waals surface area contributed by atoms with Crippen LogP contribution in [0.4, 0.5) is 5.13 Å². The maximum atomic E-state index is 13.4. The van der Waals surface area contributed by atoms with E-state index in [0.717, 1.165) is 16.0 Å². The molecule has 1 fully saturated rings. The number of aliphatic hydroxyl groups is 1. The summed E-state index contributed by atoms with van der Waals surface area (Å²) in [7, 11) is 0. The maximum Gasteiger partial charge on any atom is 0.301 e. The highest BCUT2D eigenvalue weighted by molar-refractivity contribution is 7.22. The molecule has 0 unspecified atom stereocenters. The monoisotopic (exact) mass is 518 g/mol. The van der Waals surface area contributed by atoms with Crippen LogP contribution in [0.1, 0.15) is 29.7 Å². The first kappa shape index (κ1) is 22.6. The Balaban J connectivity index is 1.53. The van der Waals surface area contributed by atoms with E-state index in [4.69, 9.17) is 16.3 Å². The number of fused-ring (bicyclic) bond motifs is 2. The number of ketones is 1. The van der Waals surface area contributed by atoms with Crippen LogP contribution < -0.4 is 9.64 Å². The lowest BCUT2D eigenvalue weighted by molar-refractivity contribution is -0.132. The van der Waals surface area contributed by atoms with Crippen molar-refractivity contribution < 1.29 is 24.5 Å². The second-order valence-electron chi connectivity index (χ2n) is 8.82. The topological polar surface area (TPSA) is 100.0 Å². The lowest BCUT2D eigenvalue weighted by atomic mass is 9.94. The Morgan fingerprint density at radius 3 is 2.67 bits per heavy atom. The molecule has 0 bridgehead atoms. The molecule has 7 nitrogen and oxygen atoms in total. The van der Waals surface area contributed by atoms with Gasteiger partial charge in [0.1, 0.15) is 23.4 Å². The predicted octanol–water partition coefficient (Wildman–Crippen LogP) is 5.61. The predicted molar refractivity (Wildman–Crippen MR) is 138 cm³/mol. The lowest BCUT2D eigenvalue weighted by Crippen LogP contribution is -2.29. The van der Waals surface area contributed by atoms with E-state index in [0.29, 0.717) is 33.2 Å². The van der Waals surface area contributed by atoms with E-state index in [1.54, 1.807) is 48.5 Å². The van der Waals surface area contributed by atoms with Gasteiger partial charge in [-0.05, 0) is 66.6 Å². The molecule has 0 radical (unpaired) electrons. The summed E-state index contributed by atoms with van der Waals surface area (Å²) in [4.78, 5) is 32.6. The molecule has 4 aromatic rings. The smallest absolute Gasteiger partial charge is 0.301 e. The van der Waals surface area contributed by atoms with Crippen molar-refractivity contribution in [2.75, 3.05) is 4.90 Å². The molecule has 6 rings (SSSR count). The van der Waals surface area contributed by atoms with Gasteiger partial charge in [0.25, 0.3) is 5.78 Å². The van der Waals surface area contributed by atoms with Crippen molar-refractivity contribution in [1.82, 2.24) is 4.98 Å². The van der Waals surface area contributed by atoms with Crippen molar-refractivity contribution in [2.45, 2.75) is 25.5 Å². The number of carbonyl (C=O) groups excluding carboxylic acids is 2. The normalized spacial score (nSPS) is 20.7. The largest absolute Gasteiger partial charge is 0.508 e. The summed E-state index contributed by atoms with van der Waals surface area (Å²) >= 11 is 7.36. The number of carbonyl (C=O) groups is 2. The van der Waals surface area contributed by atoms with Crippen LogP contribution in [0.25, 0.3) is 16.0 Å². The third kappa shape index (κ3) is 3.61. The number of amides is 1. The van der Waals surface area contributed by atoms with Gasteiger partial charge in [0.05, 0.1) is 21.8 Å². The molecule has 1 amide bonds. The number of thiazole rings is 1. The van der Waals surface area contributed by atoms with E-state index in [-0.39, 0.29) is 23.2 Å². The number of phenols is 1. The van der Waals surface area contributed by atoms with E-state index < -0.39 is 17.7 Å². The first-order valence-corrected chi connectivity index (χ1v) is 12.5. The number of aliphatic hydroxyl groups excluding tert-OH is 1. The highest BCUT2D eigenvalue weighted by Gasteiger charge is 2.48. The summed E-state index contributed by atoms with van der Waals surface area (Å²) < 4.78 is 6.51. The van der Waals surface area contributed by atoms with E-state index in [9.17, 15) is 19.8 Å². The lowest BCUT2D eigenvalue weighted by Gasteiger charge is -2.23. The number of ether oxygens (including phenoxy) is 1. The summed E-state index contributed by atoms with van der Waals surface area (Å²) in [6.07, 6.45) is 0.702. The Kier molecular flexibility index (Phi) is 5.24. The Morgan fingerprint density at radius 2 is 1.89 bits per heavy atom. The van der Waals surface area contributed by atoms with Crippen LogP contribution in [0.3, 0.4) is 0 Å². The number of anilines is 1. The van der Waals surface area contributed by atoms with Gasteiger partial charge >= 0.3 is 5.91 Å². The van der Waals surface area contributed by atoms with Crippen LogP contribution >= 0.6 is 22.9 Å². The fourth-order valence-corrected chi connectivity index (χ4v) is 5.98. The zero-order valence-electron chi connectivity index (χ0n) is 18.9. The fraction of sp³-hybridized carbons (Fsp3) is 0.148. The summed E-state index contributed by atoms with van der Waals surface area (Å²) in [5.41, 5.74) is 2.48. The molecule has 1 saturated heterocycles. The number of Topliss-reactive ketones (excluding diaryl/α,β-unsaturated/α-hetero) is 1. The second-order valence-corrected chi connectivity index (χ2v) is 10.3. The van der Waals surface area contributed by atoms with Gasteiger partial charge in [-0.2, -0.15) is 0 Å². The molecule has 9 heteroatoms. The van der Waals surface area contributed by atoms with Gasteiger partial charge in [-0.3, -0.25) is 14.5 Å². The van der Waals surface area contributed by atoms with Gasteiger partial charge in [0.15, 0.2) is 5.13 Å². The molecular formula is C27H19ClN2O5S. The first-order valence-electron chi connectivity index (χ1n) is 11.3. The van der Waals surface area contributed by atoms with Crippen molar-refractivity contribution in [3.8, 4) is 11.5 Å². The van der Waals surface area contributed by atoms with Crippen LogP contribution in [0.5, 0.6) is 11.5 Å². The quantitative estimate of drug-likeness (QED) is 0.208. The molecule has 0 saturated carbocycles.